The van der Waals surface area contributed by atoms with E-state index in [2.05, 4.69) is 16.4 Å². The van der Waals surface area contributed by atoms with Crippen LogP contribution in [0.1, 0.15) is 38.7 Å². The first-order chi connectivity index (χ1) is 9.07. The molecule has 0 saturated heterocycles. The summed E-state index contributed by atoms with van der Waals surface area (Å²) < 4.78 is 5.08. The molecule has 0 spiro atoms. The summed E-state index contributed by atoms with van der Waals surface area (Å²) in [5, 5.41) is 12.3. The minimum atomic E-state index is -0.196. The molecule has 0 radical (unpaired) electrons. The normalized spacial score (nSPS) is 11.1. The molecule has 0 bridgehead atoms. The number of nitriles is 1. The zero-order valence-electron chi connectivity index (χ0n) is 12.1. The lowest BCUT2D eigenvalue weighted by Crippen LogP contribution is -2.16. The minimum absolute atomic E-state index is 0.196. The number of pyridine rings is 1. The summed E-state index contributed by atoms with van der Waals surface area (Å²) in [6.07, 6.45) is 4.88. The van der Waals surface area contributed by atoms with Gasteiger partial charge in [0, 0.05) is 18.8 Å². The fourth-order valence-corrected chi connectivity index (χ4v) is 1.78. The van der Waals surface area contributed by atoms with Crippen molar-refractivity contribution in [2.24, 2.45) is 5.41 Å². The maximum atomic E-state index is 8.91. The van der Waals surface area contributed by atoms with Gasteiger partial charge in [-0.1, -0.05) is 6.42 Å². The van der Waals surface area contributed by atoms with Gasteiger partial charge in [0.2, 0.25) is 5.88 Å². The predicted octanol–water partition coefficient (Wildman–Crippen LogP) is 2.90. The lowest BCUT2D eigenvalue weighted by molar-refractivity contribution is 0.397. The van der Waals surface area contributed by atoms with Crippen molar-refractivity contribution in [3.05, 3.63) is 23.9 Å². The average Bonchev–Trinajstić information content (AvgIpc) is 2.43. The Morgan fingerprint density at radius 2 is 2.21 bits per heavy atom. The van der Waals surface area contributed by atoms with Crippen molar-refractivity contribution < 1.29 is 4.74 Å². The third-order valence-electron chi connectivity index (χ3n) is 3.05. The maximum Gasteiger partial charge on any atom is 0.213 e. The number of methoxy groups -OCH3 is 1. The Hall–Kier alpha value is -1.60. The van der Waals surface area contributed by atoms with E-state index in [1.807, 2.05) is 26.0 Å². The summed E-state index contributed by atoms with van der Waals surface area (Å²) in [6.45, 7) is 5.76. The third kappa shape index (κ3) is 6.21. The van der Waals surface area contributed by atoms with Gasteiger partial charge in [0.25, 0.3) is 0 Å². The number of unbranched alkanes of at least 4 members (excludes halogenated alkanes) is 1. The highest BCUT2D eigenvalue weighted by molar-refractivity contribution is 5.20. The van der Waals surface area contributed by atoms with E-state index in [0.29, 0.717) is 5.88 Å². The second kappa shape index (κ2) is 7.75. The Balaban J connectivity index is 2.16. The van der Waals surface area contributed by atoms with Gasteiger partial charge in [0.05, 0.1) is 18.6 Å². The second-order valence-corrected chi connectivity index (χ2v) is 5.34. The highest BCUT2D eigenvalue weighted by Crippen LogP contribution is 2.21. The number of nitrogens with zero attached hydrogens (tertiary/aromatic N) is 2. The van der Waals surface area contributed by atoms with E-state index < -0.39 is 0 Å². The fraction of sp³-hybridized carbons (Fsp3) is 0.600. The maximum absolute atomic E-state index is 8.91. The van der Waals surface area contributed by atoms with E-state index in [0.717, 1.165) is 32.4 Å². The quantitative estimate of drug-likeness (QED) is 0.731. The number of rotatable bonds is 8. The van der Waals surface area contributed by atoms with Gasteiger partial charge in [-0.05, 0) is 44.9 Å². The molecule has 0 saturated carbocycles. The molecule has 0 aliphatic carbocycles. The van der Waals surface area contributed by atoms with Crippen molar-refractivity contribution in [3.63, 3.8) is 0 Å². The van der Waals surface area contributed by atoms with E-state index in [1.54, 1.807) is 13.3 Å². The van der Waals surface area contributed by atoms with Crippen molar-refractivity contribution in [3.8, 4) is 11.9 Å². The molecule has 0 aliphatic heterocycles. The van der Waals surface area contributed by atoms with Crippen LogP contribution in [0.4, 0.5) is 0 Å². The van der Waals surface area contributed by atoms with Crippen LogP contribution in [0.25, 0.3) is 0 Å². The Morgan fingerprint density at radius 3 is 2.89 bits per heavy atom. The van der Waals surface area contributed by atoms with E-state index in [4.69, 9.17) is 10.00 Å². The lowest BCUT2D eigenvalue weighted by Gasteiger charge is -2.14. The van der Waals surface area contributed by atoms with Crippen LogP contribution in [-0.4, -0.2) is 18.6 Å². The van der Waals surface area contributed by atoms with Crippen LogP contribution in [0, 0.1) is 16.7 Å². The van der Waals surface area contributed by atoms with Gasteiger partial charge in [-0.2, -0.15) is 5.26 Å². The van der Waals surface area contributed by atoms with Gasteiger partial charge in [0.15, 0.2) is 0 Å². The summed E-state index contributed by atoms with van der Waals surface area (Å²) in [5.74, 6) is 0.648. The molecule has 4 nitrogen and oxygen atoms in total. The van der Waals surface area contributed by atoms with Gasteiger partial charge in [-0.3, -0.25) is 0 Å². The van der Waals surface area contributed by atoms with Crippen LogP contribution in [0.2, 0.25) is 0 Å². The lowest BCUT2D eigenvalue weighted by atomic mass is 9.89. The molecule has 0 atom stereocenters. The van der Waals surface area contributed by atoms with Gasteiger partial charge in [0.1, 0.15) is 0 Å². The van der Waals surface area contributed by atoms with Crippen molar-refractivity contribution in [1.82, 2.24) is 10.3 Å². The molecule has 1 heterocycles. The number of aromatic nitrogens is 1. The van der Waals surface area contributed by atoms with Crippen LogP contribution in [0.3, 0.4) is 0 Å². The van der Waals surface area contributed by atoms with Crippen LogP contribution in [0.5, 0.6) is 5.88 Å². The Bertz CT molecular complexity index is 424. The number of hydrogen-bond donors (Lipinski definition) is 1. The van der Waals surface area contributed by atoms with Gasteiger partial charge >= 0.3 is 0 Å². The first-order valence-corrected chi connectivity index (χ1v) is 6.68. The molecule has 1 aromatic heterocycles. The Morgan fingerprint density at radius 1 is 1.42 bits per heavy atom. The molecule has 19 heavy (non-hydrogen) atoms. The highest BCUT2D eigenvalue weighted by atomic mass is 16.5. The summed E-state index contributed by atoms with van der Waals surface area (Å²) in [4.78, 5) is 4.07. The van der Waals surface area contributed by atoms with Crippen LogP contribution >= 0.6 is 0 Å². The SMILES string of the molecule is COc1cc(CNCCCCC(C)(C)C#N)ccn1. The second-order valence-electron chi connectivity index (χ2n) is 5.34. The summed E-state index contributed by atoms with van der Waals surface area (Å²) in [6, 6.07) is 6.25. The molecule has 1 N–H and O–H groups in total. The topological polar surface area (TPSA) is 57.9 Å². The summed E-state index contributed by atoms with van der Waals surface area (Å²) >= 11 is 0. The molecular formula is C15H23N3O. The third-order valence-corrected chi connectivity index (χ3v) is 3.05. The van der Waals surface area contributed by atoms with Crippen molar-refractivity contribution >= 4 is 0 Å². The van der Waals surface area contributed by atoms with E-state index in [-0.39, 0.29) is 5.41 Å². The summed E-state index contributed by atoms with van der Waals surface area (Å²) in [7, 11) is 1.62. The zero-order chi connectivity index (χ0) is 14.1. The largest absolute Gasteiger partial charge is 0.481 e. The molecule has 0 aromatic carbocycles. The first-order valence-electron chi connectivity index (χ1n) is 6.68. The molecule has 104 valence electrons. The molecule has 1 rings (SSSR count). The molecular weight excluding hydrogens is 238 g/mol. The fourth-order valence-electron chi connectivity index (χ4n) is 1.78. The van der Waals surface area contributed by atoms with Crippen molar-refractivity contribution in [2.45, 2.75) is 39.7 Å². The smallest absolute Gasteiger partial charge is 0.213 e. The Kier molecular flexibility index (Phi) is 6.31. The van der Waals surface area contributed by atoms with Crippen LogP contribution in [-0.2, 0) is 6.54 Å². The molecule has 4 heteroatoms. The van der Waals surface area contributed by atoms with Gasteiger partial charge in [-0.25, -0.2) is 4.98 Å². The minimum Gasteiger partial charge on any atom is -0.481 e. The van der Waals surface area contributed by atoms with Gasteiger partial charge in [-0.15, -0.1) is 0 Å². The zero-order valence-corrected chi connectivity index (χ0v) is 12.1. The Labute approximate surface area is 115 Å². The predicted molar refractivity (Wildman–Crippen MR) is 75.7 cm³/mol. The highest BCUT2D eigenvalue weighted by Gasteiger charge is 2.15. The van der Waals surface area contributed by atoms with Crippen LogP contribution < -0.4 is 10.1 Å². The van der Waals surface area contributed by atoms with Crippen molar-refractivity contribution in [1.29, 1.82) is 5.26 Å². The van der Waals surface area contributed by atoms with E-state index in [9.17, 15) is 0 Å². The molecule has 0 fully saturated rings. The standard InChI is InChI=1S/C15H23N3O/c1-15(2,12-16)7-4-5-8-17-11-13-6-9-18-14(10-13)19-3/h6,9-10,17H,4-5,7-8,11H2,1-3H3. The molecule has 0 unspecified atom stereocenters. The van der Waals surface area contributed by atoms with Gasteiger partial charge < -0.3 is 10.1 Å². The van der Waals surface area contributed by atoms with E-state index >= 15 is 0 Å². The molecule has 0 aliphatic rings. The number of hydrogen-bond acceptors (Lipinski definition) is 4. The average molecular weight is 261 g/mol. The summed E-state index contributed by atoms with van der Waals surface area (Å²) in [5.41, 5.74) is 0.975. The molecule has 1 aromatic rings. The monoisotopic (exact) mass is 261 g/mol. The number of nitrogens with one attached hydrogen (secondary N) is 1. The van der Waals surface area contributed by atoms with Crippen molar-refractivity contribution in [2.75, 3.05) is 13.7 Å². The van der Waals surface area contributed by atoms with E-state index in [1.165, 1.54) is 5.56 Å². The molecule has 0 amide bonds. The first kappa shape index (κ1) is 15.5. The van der Waals surface area contributed by atoms with Crippen LogP contribution in [0.15, 0.2) is 18.3 Å². The number of ether oxygens (including phenoxy) is 1.